The van der Waals surface area contributed by atoms with Crippen molar-refractivity contribution < 1.29 is 24.2 Å². The van der Waals surface area contributed by atoms with Crippen molar-refractivity contribution in [2.75, 3.05) is 11.5 Å². The Morgan fingerprint density at radius 1 is 1.13 bits per heavy atom. The van der Waals surface area contributed by atoms with E-state index >= 15 is 0 Å². The molecule has 3 heterocycles. The summed E-state index contributed by atoms with van der Waals surface area (Å²) in [6, 6.07) is 15.8. The number of nitrogens with zero attached hydrogens (tertiary/aromatic N) is 2. The van der Waals surface area contributed by atoms with Crippen molar-refractivity contribution in [3.05, 3.63) is 88.0 Å². The molecule has 0 spiro atoms. The van der Waals surface area contributed by atoms with E-state index in [1.165, 1.54) is 16.2 Å². The number of hydrogen-bond donors (Lipinski definition) is 1. The van der Waals surface area contributed by atoms with Gasteiger partial charge in [-0.25, -0.2) is 4.98 Å². The number of ketones is 1. The number of fused-ring (bicyclic) bond motifs is 2. The molecule has 1 N–H and O–H groups in total. The molecule has 0 radical (unpaired) electrons. The quantitative estimate of drug-likeness (QED) is 0.183. The number of carbonyl (C=O) groups excluding carboxylic acids is 2. The van der Waals surface area contributed by atoms with Gasteiger partial charge in [-0.05, 0) is 86.3 Å². The monoisotopic (exact) mass is 540 g/mol. The molecule has 8 heteroatoms. The van der Waals surface area contributed by atoms with E-state index in [9.17, 15) is 14.7 Å². The van der Waals surface area contributed by atoms with E-state index in [-0.39, 0.29) is 17.4 Å². The fourth-order valence-corrected chi connectivity index (χ4v) is 6.61. The van der Waals surface area contributed by atoms with Crippen LogP contribution in [0.1, 0.15) is 47.7 Å². The van der Waals surface area contributed by atoms with Gasteiger partial charge in [0.05, 0.1) is 28.4 Å². The summed E-state index contributed by atoms with van der Waals surface area (Å²) in [4.78, 5) is 33.4. The van der Waals surface area contributed by atoms with E-state index in [2.05, 4.69) is 0 Å². The number of aryl methyl sites for hydroxylation is 2. The molecule has 1 amide bonds. The number of benzene rings is 3. The lowest BCUT2D eigenvalue weighted by Crippen LogP contribution is -2.29. The van der Waals surface area contributed by atoms with Gasteiger partial charge in [0.2, 0.25) is 0 Å². The molecule has 1 saturated heterocycles. The third kappa shape index (κ3) is 4.25. The second-order valence-electron chi connectivity index (χ2n) is 10.1. The maximum absolute atomic E-state index is 13.6. The number of Topliss-reactive ketones (excluding diaryl/α,β-unsaturated/α-hetero) is 1. The van der Waals surface area contributed by atoms with Crippen LogP contribution in [0, 0.1) is 13.8 Å². The summed E-state index contributed by atoms with van der Waals surface area (Å²) in [5, 5.41) is 12.0. The highest BCUT2D eigenvalue weighted by Crippen LogP contribution is 2.45. The van der Waals surface area contributed by atoms with Crippen LogP contribution < -0.4 is 14.4 Å². The zero-order chi connectivity index (χ0) is 27.4. The molecule has 0 aliphatic carbocycles. The second-order valence-corrected chi connectivity index (χ2v) is 11.1. The highest BCUT2D eigenvalue weighted by atomic mass is 32.1. The number of ether oxygens (including phenoxy) is 2. The fraction of sp³-hybridized carbons (Fsp3) is 0.258. The number of rotatable bonds is 5. The normalized spacial score (nSPS) is 19.9. The smallest absolute Gasteiger partial charge is 0.301 e. The minimum Gasteiger partial charge on any atom is -0.507 e. The zero-order valence-electron chi connectivity index (χ0n) is 22.1. The van der Waals surface area contributed by atoms with Gasteiger partial charge in [0.15, 0.2) is 5.13 Å². The second kappa shape index (κ2) is 9.54. The summed E-state index contributed by atoms with van der Waals surface area (Å²) in [5.74, 6) is -0.240. The Labute approximate surface area is 230 Å². The molecular weight excluding hydrogens is 512 g/mol. The Balaban J connectivity index is 1.53. The molecule has 2 aliphatic rings. The van der Waals surface area contributed by atoms with Crippen molar-refractivity contribution in [2.24, 2.45) is 0 Å². The third-order valence-electron chi connectivity index (χ3n) is 7.15. The Morgan fingerprint density at radius 2 is 1.90 bits per heavy atom. The first kappa shape index (κ1) is 25.1. The Hall–Kier alpha value is -4.17. The summed E-state index contributed by atoms with van der Waals surface area (Å²) in [5.41, 5.74) is 5.01. The summed E-state index contributed by atoms with van der Waals surface area (Å²) < 4.78 is 12.3. The van der Waals surface area contributed by atoms with Crippen LogP contribution >= 0.6 is 11.3 Å². The standard InChI is InChI=1S/C31H28N2O5S/c1-5-37-22-9-6-19(7-10-22)27-25(28(34)20-8-11-23-21(15-20)14-18(4)38-23)29(35)30(36)33(27)31-32-26-17(3)12-16(2)13-24(26)39-31/h6-13,15,18,27,34H,5,14H2,1-4H3/t18-,27-/m0/s1. The summed E-state index contributed by atoms with van der Waals surface area (Å²) in [6.07, 6.45) is 0.746. The molecule has 1 fully saturated rings. The minimum absolute atomic E-state index is 0.0308. The average Bonchev–Trinajstić information content (AvgIpc) is 3.57. The van der Waals surface area contributed by atoms with Crippen LogP contribution in [0.25, 0.3) is 16.0 Å². The molecule has 2 aliphatic heterocycles. The van der Waals surface area contributed by atoms with E-state index in [1.54, 1.807) is 24.3 Å². The first-order valence-electron chi connectivity index (χ1n) is 13.0. The van der Waals surface area contributed by atoms with Crippen LogP contribution in [-0.4, -0.2) is 34.5 Å². The molecule has 1 aromatic heterocycles. The lowest BCUT2D eigenvalue weighted by molar-refractivity contribution is -0.132. The molecule has 0 saturated carbocycles. The van der Waals surface area contributed by atoms with Gasteiger partial charge in [-0.3, -0.25) is 14.5 Å². The van der Waals surface area contributed by atoms with Crippen molar-refractivity contribution in [1.29, 1.82) is 0 Å². The van der Waals surface area contributed by atoms with Crippen LogP contribution in [0.5, 0.6) is 11.5 Å². The highest BCUT2D eigenvalue weighted by molar-refractivity contribution is 7.22. The lowest BCUT2D eigenvalue weighted by Gasteiger charge is -2.23. The SMILES string of the molecule is CCOc1ccc([C@H]2C(=C(O)c3ccc4c(c3)C[C@H](C)O4)C(=O)C(=O)N2c2nc3c(C)cc(C)cc3s2)cc1. The van der Waals surface area contributed by atoms with E-state index < -0.39 is 17.7 Å². The summed E-state index contributed by atoms with van der Waals surface area (Å²) in [6.45, 7) is 8.40. The molecule has 4 aromatic rings. The Bertz CT molecular complexity index is 1670. The van der Waals surface area contributed by atoms with Crippen molar-refractivity contribution in [3.8, 4) is 11.5 Å². The van der Waals surface area contributed by atoms with E-state index in [4.69, 9.17) is 14.5 Å². The Kier molecular flexibility index (Phi) is 6.14. The first-order chi connectivity index (χ1) is 18.7. The van der Waals surface area contributed by atoms with Crippen molar-refractivity contribution in [3.63, 3.8) is 0 Å². The maximum Gasteiger partial charge on any atom is 0.301 e. The van der Waals surface area contributed by atoms with Gasteiger partial charge in [-0.15, -0.1) is 0 Å². The van der Waals surface area contributed by atoms with E-state index in [0.29, 0.717) is 35.0 Å². The maximum atomic E-state index is 13.6. The number of hydrogen-bond acceptors (Lipinski definition) is 7. The molecule has 0 bridgehead atoms. The van der Waals surface area contributed by atoms with Crippen molar-refractivity contribution in [1.82, 2.24) is 4.98 Å². The van der Waals surface area contributed by atoms with Gasteiger partial charge in [0.1, 0.15) is 23.4 Å². The molecule has 2 atom stereocenters. The number of amides is 1. The third-order valence-corrected chi connectivity index (χ3v) is 8.15. The number of aliphatic hydroxyl groups excluding tert-OH is 1. The number of anilines is 1. The first-order valence-corrected chi connectivity index (χ1v) is 13.8. The molecule has 39 heavy (non-hydrogen) atoms. The van der Waals surface area contributed by atoms with Gasteiger partial charge in [-0.2, -0.15) is 0 Å². The van der Waals surface area contributed by atoms with Crippen LogP contribution in [0.15, 0.2) is 60.2 Å². The predicted molar refractivity (Wildman–Crippen MR) is 152 cm³/mol. The summed E-state index contributed by atoms with van der Waals surface area (Å²) in [7, 11) is 0. The van der Waals surface area contributed by atoms with Crippen LogP contribution in [0.3, 0.4) is 0 Å². The van der Waals surface area contributed by atoms with E-state index in [0.717, 1.165) is 32.7 Å². The highest BCUT2D eigenvalue weighted by Gasteiger charge is 2.48. The number of aromatic nitrogens is 1. The van der Waals surface area contributed by atoms with Crippen LogP contribution in [0.4, 0.5) is 5.13 Å². The molecule has 198 valence electrons. The summed E-state index contributed by atoms with van der Waals surface area (Å²) >= 11 is 1.36. The van der Waals surface area contributed by atoms with E-state index in [1.807, 2.05) is 58.0 Å². The fourth-order valence-electron chi connectivity index (χ4n) is 5.45. The Morgan fingerprint density at radius 3 is 2.64 bits per heavy atom. The predicted octanol–water partition coefficient (Wildman–Crippen LogP) is 6.26. The molecule has 6 rings (SSSR count). The lowest BCUT2D eigenvalue weighted by atomic mass is 9.94. The van der Waals surface area contributed by atoms with Gasteiger partial charge in [0, 0.05) is 12.0 Å². The minimum atomic E-state index is -0.855. The number of carbonyl (C=O) groups is 2. The van der Waals surface area contributed by atoms with Crippen LogP contribution in [-0.2, 0) is 16.0 Å². The molecule has 3 aromatic carbocycles. The number of thiazole rings is 1. The van der Waals surface area contributed by atoms with Crippen molar-refractivity contribution >= 4 is 44.1 Å². The zero-order valence-corrected chi connectivity index (χ0v) is 23.0. The van der Waals surface area contributed by atoms with Gasteiger partial charge < -0.3 is 14.6 Å². The largest absolute Gasteiger partial charge is 0.507 e. The number of aliphatic hydroxyl groups is 1. The van der Waals surface area contributed by atoms with Gasteiger partial charge >= 0.3 is 5.91 Å². The van der Waals surface area contributed by atoms with Crippen molar-refractivity contribution in [2.45, 2.75) is 46.3 Å². The topological polar surface area (TPSA) is 89.0 Å². The molecule has 0 unspecified atom stereocenters. The van der Waals surface area contributed by atoms with Gasteiger partial charge in [0.25, 0.3) is 5.78 Å². The molecule has 7 nitrogen and oxygen atoms in total. The average molecular weight is 541 g/mol. The van der Waals surface area contributed by atoms with Gasteiger partial charge in [-0.1, -0.05) is 29.5 Å². The van der Waals surface area contributed by atoms with Crippen LogP contribution in [0.2, 0.25) is 0 Å². The molecular formula is C31H28N2O5S.